The van der Waals surface area contributed by atoms with Crippen LogP contribution in [0.2, 0.25) is 0 Å². The first kappa shape index (κ1) is 12.3. The average molecular weight is 322 g/mol. The van der Waals surface area contributed by atoms with Gasteiger partial charge in [-0.3, -0.25) is 4.98 Å². The first-order chi connectivity index (χ1) is 9.20. The number of aryl methyl sites for hydroxylation is 1. The molecule has 6 nitrogen and oxygen atoms in total. The molecule has 1 aliphatic rings. The Balaban J connectivity index is 1.64. The monoisotopic (exact) mass is 321 g/mol. The lowest BCUT2D eigenvalue weighted by Gasteiger charge is -2.06. The van der Waals surface area contributed by atoms with E-state index in [1.807, 2.05) is 25.3 Å². The van der Waals surface area contributed by atoms with Gasteiger partial charge in [0.25, 0.3) is 0 Å². The first-order valence-electron chi connectivity index (χ1n) is 5.92. The molecule has 1 unspecified atom stereocenters. The van der Waals surface area contributed by atoms with Crippen LogP contribution in [0.25, 0.3) is 0 Å². The Morgan fingerprint density at radius 2 is 2.37 bits per heavy atom. The highest BCUT2D eigenvalue weighted by Gasteiger charge is 2.23. The quantitative estimate of drug-likeness (QED) is 0.866. The molecule has 0 aromatic carbocycles. The molecule has 0 aliphatic carbocycles. The predicted octanol–water partition coefficient (Wildman–Crippen LogP) is 1.94. The number of pyridine rings is 1. The van der Waals surface area contributed by atoms with Gasteiger partial charge in [0.1, 0.15) is 5.71 Å². The Labute approximate surface area is 118 Å². The van der Waals surface area contributed by atoms with Crippen molar-refractivity contribution in [1.82, 2.24) is 20.0 Å². The summed E-state index contributed by atoms with van der Waals surface area (Å²) in [5, 5.41) is 12.0. The van der Waals surface area contributed by atoms with Crippen molar-refractivity contribution in [2.75, 3.05) is 0 Å². The van der Waals surface area contributed by atoms with Crippen LogP contribution in [0.3, 0.4) is 0 Å². The fourth-order valence-electron chi connectivity index (χ4n) is 1.92. The van der Waals surface area contributed by atoms with E-state index in [1.165, 1.54) is 0 Å². The van der Waals surface area contributed by atoms with Crippen molar-refractivity contribution in [2.24, 2.45) is 5.16 Å². The molecule has 3 heterocycles. The highest BCUT2D eigenvalue weighted by atomic mass is 79.9. The molecule has 0 amide bonds. The van der Waals surface area contributed by atoms with Gasteiger partial charge in [0.05, 0.1) is 17.9 Å². The maximum absolute atomic E-state index is 5.41. The normalized spacial score (nSPS) is 18.2. The summed E-state index contributed by atoms with van der Waals surface area (Å²) in [6, 6.07) is 3.87. The maximum atomic E-state index is 5.41. The lowest BCUT2D eigenvalue weighted by molar-refractivity contribution is 0.0693. The highest BCUT2D eigenvalue weighted by Crippen LogP contribution is 2.18. The van der Waals surface area contributed by atoms with Crippen molar-refractivity contribution in [2.45, 2.75) is 26.0 Å². The van der Waals surface area contributed by atoms with Crippen molar-refractivity contribution >= 4 is 21.6 Å². The molecular formula is C12H12BrN5O. The van der Waals surface area contributed by atoms with Crippen molar-refractivity contribution in [3.63, 3.8) is 0 Å². The Kier molecular flexibility index (Phi) is 3.29. The molecule has 19 heavy (non-hydrogen) atoms. The third-order valence-corrected chi connectivity index (χ3v) is 3.27. The van der Waals surface area contributed by atoms with E-state index in [1.54, 1.807) is 10.9 Å². The van der Waals surface area contributed by atoms with Crippen molar-refractivity contribution in [3.05, 3.63) is 40.4 Å². The van der Waals surface area contributed by atoms with E-state index in [4.69, 9.17) is 4.84 Å². The Hall–Kier alpha value is -1.76. The van der Waals surface area contributed by atoms with Gasteiger partial charge in [-0.25, -0.2) is 4.68 Å². The third-order valence-electron chi connectivity index (χ3n) is 2.80. The molecule has 3 rings (SSSR count). The van der Waals surface area contributed by atoms with Gasteiger partial charge in [-0.1, -0.05) is 10.4 Å². The summed E-state index contributed by atoms with van der Waals surface area (Å²) in [7, 11) is 0. The lowest BCUT2D eigenvalue weighted by Crippen LogP contribution is -2.17. The molecule has 1 aliphatic heterocycles. The van der Waals surface area contributed by atoms with Crippen molar-refractivity contribution < 1.29 is 4.84 Å². The summed E-state index contributed by atoms with van der Waals surface area (Å²) in [6.45, 7) is 2.55. The number of aromatic nitrogens is 4. The highest BCUT2D eigenvalue weighted by molar-refractivity contribution is 9.10. The SMILES string of the molecule is Cc1cn(CC2CC(c3ccc(Br)cn3)=NO2)nn1. The van der Waals surface area contributed by atoms with Crippen LogP contribution < -0.4 is 0 Å². The number of oxime groups is 1. The van der Waals surface area contributed by atoms with E-state index in [0.717, 1.165) is 28.0 Å². The number of halogens is 1. The Bertz CT molecular complexity index is 607. The van der Waals surface area contributed by atoms with Crippen molar-refractivity contribution in [1.29, 1.82) is 0 Å². The largest absolute Gasteiger partial charge is 0.390 e. The molecule has 0 saturated carbocycles. The van der Waals surface area contributed by atoms with Gasteiger partial charge in [0.15, 0.2) is 6.10 Å². The van der Waals surface area contributed by atoms with E-state index in [0.29, 0.717) is 6.54 Å². The van der Waals surface area contributed by atoms with Gasteiger partial charge in [-0.15, -0.1) is 5.10 Å². The van der Waals surface area contributed by atoms with Crippen LogP contribution in [0.4, 0.5) is 0 Å². The number of rotatable bonds is 3. The summed E-state index contributed by atoms with van der Waals surface area (Å²) in [4.78, 5) is 9.72. The van der Waals surface area contributed by atoms with Gasteiger partial charge < -0.3 is 4.84 Å². The van der Waals surface area contributed by atoms with E-state index >= 15 is 0 Å². The fourth-order valence-corrected chi connectivity index (χ4v) is 2.15. The minimum absolute atomic E-state index is 0.0125. The van der Waals surface area contributed by atoms with Gasteiger partial charge in [0, 0.05) is 23.3 Å². The van der Waals surface area contributed by atoms with E-state index in [2.05, 4.69) is 36.4 Å². The molecule has 0 radical (unpaired) electrons. The molecule has 0 N–H and O–H groups in total. The number of hydrogen-bond donors (Lipinski definition) is 0. The van der Waals surface area contributed by atoms with E-state index in [9.17, 15) is 0 Å². The van der Waals surface area contributed by atoms with Crippen LogP contribution in [0.1, 0.15) is 17.8 Å². The van der Waals surface area contributed by atoms with Crippen LogP contribution in [0, 0.1) is 6.92 Å². The molecule has 2 aromatic rings. The smallest absolute Gasteiger partial charge is 0.152 e. The summed E-state index contributed by atoms with van der Waals surface area (Å²) >= 11 is 3.36. The summed E-state index contributed by atoms with van der Waals surface area (Å²) in [6.07, 6.45) is 4.36. The standard InChI is InChI=1S/C12H12BrN5O/c1-8-6-18(17-15-8)7-10-4-12(16-19-10)11-3-2-9(13)5-14-11/h2-3,5-6,10H,4,7H2,1H3. The zero-order chi connectivity index (χ0) is 13.2. The zero-order valence-corrected chi connectivity index (χ0v) is 11.9. The second kappa shape index (κ2) is 5.08. The predicted molar refractivity (Wildman–Crippen MR) is 72.7 cm³/mol. The van der Waals surface area contributed by atoms with Gasteiger partial charge >= 0.3 is 0 Å². The molecule has 0 fully saturated rings. The number of nitrogens with zero attached hydrogens (tertiary/aromatic N) is 5. The third kappa shape index (κ3) is 2.81. The molecule has 2 aromatic heterocycles. The zero-order valence-electron chi connectivity index (χ0n) is 10.3. The van der Waals surface area contributed by atoms with Crippen LogP contribution in [-0.2, 0) is 11.4 Å². The molecule has 1 atom stereocenters. The van der Waals surface area contributed by atoms with Gasteiger partial charge in [0.2, 0.25) is 0 Å². The second-order valence-corrected chi connectivity index (χ2v) is 5.33. The summed E-state index contributed by atoms with van der Waals surface area (Å²) in [5.74, 6) is 0. The van der Waals surface area contributed by atoms with Crippen LogP contribution >= 0.6 is 15.9 Å². The Morgan fingerprint density at radius 3 is 3.05 bits per heavy atom. The van der Waals surface area contributed by atoms with E-state index in [-0.39, 0.29) is 6.10 Å². The molecule has 0 spiro atoms. The van der Waals surface area contributed by atoms with Gasteiger partial charge in [-0.05, 0) is 35.0 Å². The van der Waals surface area contributed by atoms with Gasteiger partial charge in [-0.2, -0.15) is 0 Å². The molecule has 0 bridgehead atoms. The topological polar surface area (TPSA) is 65.2 Å². The fraction of sp³-hybridized carbons (Fsp3) is 0.333. The number of hydrogen-bond acceptors (Lipinski definition) is 5. The Morgan fingerprint density at radius 1 is 1.47 bits per heavy atom. The average Bonchev–Trinajstić information content (AvgIpc) is 3.00. The first-order valence-corrected chi connectivity index (χ1v) is 6.71. The maximum Gasteiger partial charge on any atom is 0.152 e. The van der Waals surface area contributed by atoms with E-state index < -0.39 is 0 Å². The van der Waals surface area contributed by atoms with Crippen LogP contribution in [0.5, 0.6) is 0 Å². The minimum Gasteiger partial charge on any atom is -0.390 e. The molecular weight excluding hydrogens is 310 g/mol. The van der Waals surface area contributed by atoms with Crippen molar-refractivity contribution in [3.8, 4) is 0 Å². The summed E-state index contributed by atoms with van der Waals surface area (Å²) < 4.78 is 2.72. The summed E-state index contributed by atoms with van der Waals surface area (Å²) in [5.41, 5.74) is 2.61. The molecule has 7 heteroatoms. The second-order valence-electron chi connectivity index (χ2n) is 4.41. The molecule has 0 saturated heterocycles. The van der Waals surface area contributed by atoms with Crippen LogP contribution in [-0.4, -0.2) is 31.8 Å². The minimum atomic E-state index is -0.0125. The lowest BCUT2D eigenvalue weighted by atomic mass is 10.1. The van der Waals surface area contributed by atoms with Crippen LogP contribution in [0.15, 0.2) is 34.2 Å². The molecule has 98 valence electrons.